The molecule has 0 saturated heterocycles. The summed E-state index contributed by atoms with van der Waals surface area (Å²) < 4.78 is 23.3. The largest absolute Gasteiger partial charge is 0.697 e. The molecule has 0 heterocycles. The summed E-state index contributed by atoms with van der Waals surface area (Å²) >= 11 is 0. The van der Waals surface area contributed by atoms with Crippen molar-refractivity contribution in [1.29, 1.82) is 0 Å². The van der Waals surface area contributed by atoms with E-state index in [9.17, 15) is 14.8 Å². The van der Waals surface area contributed by atoms with Crippen LogP contribution in [0.5, 0.6) is 11.5 Å². The van der Waals surface area contributed by atoms with Gasteiger partial charge in [-0.1, -0.05) is 107 Å². The summed E-state index contributed by atoms with van der Waals surface area (Å²) in [6.45, 7) is 26.0. The summed E-state index contributed by atoms with van der Waals surface area (Å²) in [5.41, 5.74) is 5.40. The van der Waals surface area contributed by atoms with Crippen molar-refractivity contribution in [2.24, 2.45) is 0 Å². The Morgan fingerprint density at radius 2 is 0.800 bits per heavy atom. The van der Waals surface area contributed by atoms with E-state index in [-0.39, 0.29) is 21.7 Å². The van der Waals surface area contributed by atoms with Crippen LogP contribution in [0.1, 0.15) is 129 Å². The maximum atomic E-state index is 12.3. The number of benzene rings is 2. The molecule has 2 aromatic rings. The fraction of sp³-hybridized carbons (Fsp3) is 0.647. The van der Waals surface area contributed by atoms with Crippen molar-refractivity contribution in [2.45, 2.75) is 130 Å². The lowest BCUT2D eigenvalue weighted by Crippen LogP contribution is -2.18. The van der Waals surface area contributed by atoms with Crippen molar-refractivity contribution in [1.82, 2.24) is 0 Å². The molecule has 0 aliphatic carbocycles. The van der Waals surface area contributed by atoms with Crippen molar-refractivity contribution in [3.63, 3.8) is 0 Å². The van der Waals surface area contributed by atoms with Crippen molar-refractivity contribution in [2.75, 3.05) is 13.2 Å². The molecule has 40 heavy (non-hydrogen) atoms. The number of hydrogen-bond acceptors (Lipinski definition) is 5. The van der Waals surface area contributed by atoms with Crippen LogP contribution in [0.2, 0.25) is 0 Å². The van der Waals surface area contributed by atoms with Crippen LogP contribution in [0.25, 0.3) is 0 Å². The van der Waals surface area contributed by atoms with E-state index in [1.54, 1.807) is 0 Å². The predicted octanol–water partition coefficient (Wildman–Crippen LogP) is 9.54. The minimum absolute atomic E-state index is 0.170. The lowest BCUT2D eigenvalue weighted by Gasteiger charge is -2.28. The normalized spacial score (nSPS) is 13.1. The summed E-state index contributed by atoms with van der Waals surface area (Å²) in [4.78, 5) is 0. The van der Waals surface area contributed by atoms with E-state index < -0.39 is 8.25 Å². The summed E-state index contributed by atoms with van der Waals surface area (Å²) in [5, 5.41) is 21.8. The highest BCUT2D eigenvalue weighted by Gasteiger charge is 2.28. The molecule has 0 bridgehead atoms. The zero-order chi connectivity index (χ0) is 30.7. The van der Waals surface area contributed by atoms with E-state index in [2.05, 4.69) is 107 Å². The maximum absolute atomic E-state index is 12.3. The molecular formula is C34H54O5P+. The van der Waals surface area contributed by atoms with E-state index in [1.165, 1.54) is 0 Å². The zero-order valence-electron chi connectivity index (χ0n) is 27.1. The third kappa shape index (κ3) is 9.57. The van der Waals surface area contributed by atoms with Gasteiger partial charge in [0.05, 0.1) is 0 Å². The molecule has 0 amide bonds. The topological polar surface area (TPSA) is 76.0 Å². The van der Waals surface area contributed by atoms with Crippen LogP contribution in [0.15, 0.2) is 24.3 Å². The Kier molecular flexibility index (Phi) is 11.1. The van der Waals surface area contributed by atoms with Gasteiger partial charge in [-0.15, -0.1) is 9.05 Å². The van der Waals surface area contributed by atoms with Crippen LogP contribution in [-0.4, -0.2) is 23.4 Å². The van der Waals surface area contributed by atoms with Gasteiger partial charge in [0.15, 0.2) is 0 Å². The Hall–Kier alpha value is -1.94. The average Bonchev–Trinajstić information content (AvgIpc) is 2.78. The van der Waals surface area contributed by atoms with E-state index in [1.807, 2.05) is 0 Å². The van der Waals surface area contributed by atoms with E-state index in [0.29, 0.717) is 37.6 Å². The SMILES string of the molecule is CC(C)(C)c1cc(CCCO[P+](=O)OCCCc2cc(C(C)(C)C)c(O)c(C(C)(C)C)c2)cc(C(C)(C)C)c1O. The molecule has 0 atom stereocenters. The molecule has 0 spiro atoms. The summed E-state index contributed by atoms with van der Waals surface area (Å²) in [6, 6.07) is 8.34. The molecule has 224 valence electrons. The highest BCUT2D eigenvalue weighted by atomic mass is 31.1. The highest BCUT2D eigenvalue weighted by molar-refractivity contribution is 7.33. The van der Waals surface area contributed by atoms with Crippen LogP contribution in [-0.2, 0) is 48.1 Å². The van der Waals surface area contributed by atoms with Crippen LogP contribution in [0.3, 0.4) is 0 Å². The fourth-order valence-corrected chi connectivity index (χ4v) is 5.46. The van der Waals surface area contributed by atoms with Gasteiger partial charge in [0.2, 0.25) is 0 Å². The van der Waals surface area contributed by atoms with E-state index >= 15 is 0 Å². The lowest BCUT2D eigenvalue weighted by atomic mass is 9.78. The first-order valence-electron chi connectivity index (χ1n) is 14.6. The van der Waals surface area contributed by atoms with Gasteiger partial charge < -0.3 is 10.2 Å². The number of hydrogen-bond donors (Lipinski definition) is 2. The minimum atomic E-state index is -2.18. The fourth-order valence-electron chi connectivity index (χ4n) is 4.83. The highest BCUT2D eigenvalue weighted by Crippen LogP contribution is 2.41. The molecule has 0 unspecified atom stereocenters. The second-order valence-corrected chi connectivity index (χ2v) is 16.1. The van der Waals surface area contributed by atoms with Crippen LogP contribution in [0.4, 0.5) is 0 Å². The molecule has 2 aromatic carbocycles. The Balaban J connectivity index is 1.91. The molecule has 0 aliphatic heterocycles. The monoisotopic (exact) mass is 573 g/mol. The number of aryl methyl sites for hydroxylation is 2. The molecule has 0 aliphatic rings. The number of phenols is 2. The Morgan fingerprint density at radius 3 is 1.02 bits per heavy atom. The van der Waals surface area contributed by atoms with Gasteiger partial charge in [-0.25, -0.2) is 0 Å². The second kappa shape index (κ2) is 12.9. The van der Waals surface area contributed by atoms with Crippen molar-refractivity contribution in [3.8, 4) is 11.5 Å². The standard InChI is InChI=1S/C34H53O5P/c1-31(2,3)25-19-23(20-26(29(25)35)32(4,5)6)15-13-17-38-40(37)39-18-14-16-24-21-27(33(7,8)9)30(36)28(22-24)34(10,11)12/h19-22H,13-18H2,1-12H3,(H-,35,36)/p+1. The van der Waals surface area contributed by atoms with Crippen LogP contribution in [0, 0.1) is 0 Å². The quantitative estimate of drug-likeness (QED) is 0.219. The molecular weight excluding hydrogens is 519 g/mol. The molecule has 0 aromatic heterocycles. The molecule has 6 heteroatoms. The first-order chi connectivity index (χ1) is 18.1. The van der Waals surface area contributed by atoms with Gasteiger partial charge in [0.25, 0.3) is 0 Å². The van der Waals surface area contributed by atoms with Gasteiger partial charge in [-0.3, -0.25) is 0 Å². The molecule has 0 fully saturated rings. The smallest absolute Gasteiger partial charge is 0.507 e. The van der Waals surface area contributed by atoms with E-state index in [4.69, 9.17) is 9.05 Å². The van der Waals surface area contributed by atoms with Crippen LogP contribution < -0.4 is 0 Å². The van der Waals surface area contributed by atoms with Crippen LogP contribution >= 0.6 is 8.25 Å². The molecule has 2 rings (SSSR count). The van der Waals surface area contributed by atoms with E-state index in [0.717, 1.165) is 46.2 Å². The first kappa shape index (κ1) is 34.3. The van der Waals surface area contributed by atoms with Crippen molar-refractivity contribution >= 4 is 8.25 Å². The first-order valence-corrected chi connectivity index (χ1v) is 15.7. The Morgan fingerprint density at radius 1 is 0.550 bits per heavy atom. The van der Waals surface area contributed by atoms with Crippen molar-refractivity contribution < 1.29 is 23.8 Å². The number of rotatable bonds is 10. The lowest BCUT2D eigenvalue weighted by molar-refractivity contribution is 0.222. The Labute approximate surface area is 244 Å². The molecule has 2 N–H and O–H groups in total. The summed E-state index contributed by atoms with van der Waals surface area (Å²) in [6.07, 6.45) is 2.95. The second-order valence-electron chi connectivity index (χ2n) is 15.2. The van der Waals surface area contributed by atoms with Crippen molar-refractivity contribution in [3.05, 3.63) is 57.6 Å². The number of phenolic OH excluding ortho intramolecular Hbond substituents is 2. The zero-order valence-corrected chi connectivity index (χ0v) is 28.0. The van der Waals surface area contributed by atoms with Gasteiger partial charge in [-0.05, 0) is 80.7 Å². The van der Waals surface area contributed by atoms with Gasteiger partial charge in [-0.2, -0.15) is 0 Å². The molecule has 5 nitrogen and oxygen atoms in total. The molecule has 0 radical (unpaired) electrons. The maximum Gasteiger partial charge on any atom is 0.697 e. The average molecular weight is 574 g/mol. The number of aromatic hydroxyl groups is 2. The van der Waals surface area contributed by atoms with Gasteiger partial charge in [0.1, 0.15) is 24.7 Å². The third-order valence-electron chi connectivity index (χ3n) is 7.18. The minimum Gasteiger partial charge on any atom is -0.507 e. The summed E-state index contributed by atoms with van der Waals surface area (Å²) in [5.74, 6) is 0.765. The summed E-state index contributed by atoms with van der Waals surface area (Å²) in [7, 11) is -2.18. The van der Waals surface area contributed by atoms with Gasteiger partial charge >= 0.3 is 8.25 Å². The predicted molar refractivity (Wildman–Crippen MR) is 167 cm³/mol. The third-order valence-corrected chi connectivity index (χ3v) is 7.97. The van der Waals surface area contributed by atoms with Gasteiger partial charge in [0, 0.05) is 4.57 Å². The molecule has 0 saturated carbocycles. The Bertz CT molecular complexity index is 1010.